The van der Waals surface area contributed by atoms with E-state index in [1.54, 1.807) is 12.1 Å². The molecular formula is C16H16Cl2N2O2S. The molecule has 0 aliphatic heterocycles. The Labute approximate surface area is 150 Å². The van der Waals surface area contributed by atoms with Gasteiger partial charge in [-0.2, -0.15) is 0 Å². The molecule has 0 saturated heterocycles. The number of carbonyl (C=O) groups excluding carboxylic acids is 1. The minimum absolute atomic E-state index is 0.0196. The van der Waals surface area contributed by atoms with E-state index < -0.39 is 0 Å². The molecule has 23 heavy (non-hydrogen) atoms. The molecule has 0 spiro atoms. The van der Waals surface area contributed by atoms with E-state index in [0.717, 1.165) is 12.0 Å². The third kappa shape index (κ3) is 4.96. The maximum Gasteiger partial charge on any atom is 0.185 e. The highest BCUT2D eigenvalue weighted by atomic mass is 35.5. The number of thiocarbonyl (C=S) groups is 1. The summed E-state index contributed by atoms with van der Waals surface area (Å²) in [5.41, 5.74) is 1.49. The predicted molar refractivity (Wildman–Crippen MR) is 96.3 cm³/mol. The molecule has 0 saturated carbocycles. The van der Waals surface area contributed by atoms with Crippen LogP contribution in [0, 0.1) is 0 Å². The van der Waals surface area contributed by atoms with Gasteiger partial charge >= 0.3 is 0 Å². The second-order valence-electron chi connectivity index (χ2n) is 4.90. The Bertz CT molecular complexity index is 689. The van der Waals surface area contributed by atoms with E-state index in [0.29, 0.717) is 20.7 Å². The maximum atomic E-state index is 11.9. The van der Waals surface area contributed by atoms with Crippen molar-refractivity contribution in [2.45, 2.75) is 19.4 Å². The van der Waals surface area contributed by atoms with E-state index in [9.17, 15) is 4.79 Å². The van der Waals surface area contributed by atoms with E-state index in [4.69, 9.17) is 39.8 Å². The first-order chi connectivity index (χ1) is 11.0. The van der Waals surface area contributed by atoms with Gasteiger partial charge < -0.3 is 15.1 Å². The smallest absolute Gasteiger partial charge is 0.185 e. The number of ketones is 1. The van der Waals surface area contributed by atoms with Crippen molar-refractivity contribution >= 4 is 46.3 Å². The molecule has 0 aliphatic rings. The van der Waals surface area contributed by atoms with E-state index in [1.165, 1.54) is 12.5 Å². The van der Waals surface area contributed by atoms with Crippen LogP contribution in [0.3, 0.4) is 0 Å². The summed E-state index contributed by atoms with van der Waals surface area (Å²) in [5, 5.41) is 7.49. The summed E-state index contributed by atoms with van der Waals surface area (Å²) in [5.74, 6) is -0.0921. The van der Waals surface area contributed by atoms with Gasteiger partial charge in [-0.1, -0.05) is 36.2 Å². The van der Waals surface area contributed by atoms with Gasteiger partial charge in [0.2, 0.25) is 0 Å². The number of furan rings is 1. The molecule has 1 aromatic heterocycles. The van der Waals surface area contributed by atoms with Crippen molar-refractivity contribution in [3.05, 3.63) is 58.0 Å². The quantitative estimate of drug-likeness (QED) is 0.583. The molecule has 4 nitrogen and oxygen atoms in total. The molecule has 0 bridgehead atoms. The lowest BCUT2D eigenvalue weighted by molar-refractivity contribution is 0.0995. The third-order valence-electron chi connectivity index (χ3n) is 3.31. The largest absolute Gasteiger partial charge is 0.472 e. The number of hydrogen-bond acceptors (Lipinski definition) is 3. The molecule has 2 aromatic rings. The zero-order valence-electron chi connectivity index (χ0n) is 12.4. The molecule has 1 atom stereocenters. The van der Waals surface area contributed by atoms with Crippen LogP contribution >= 0.6 is 35.4 Å². The topological polar surface area (TPSA) is 54.3 Å². The number of nitrogens with one attached hydrogen (secondary N) is 2. The molecule has 1 unspecified atom stereocenters. The lowest BCUT2D eigenvalue weighted by Crippen LogP contribution is -2.40. The first-order valence-corrected chi connectivity index (χ1v) is 8.22. The molecule has 0 amide bonds. The van der Waals surface area contributed by atoms with Crippen molar-refractivity contribution < 1.29 is 9.21 Å². The van der Waals surface area contributed by atoms with Crippen molar-refractivity contribution in [3.63, 3.8) is 0 Å². The number of halogens is 2. The lowest BCUT2D eigenvalue weighted by Gasteiger charge is -2.20. The van der Waals surface area contributed by atoms with Crippen LogP contribution in [-0.4, -0.2) is 17.4 Å². The van der Waals surface area contributed by atoms with Crippen molar-refractivity contribution in [2.75, 3.05) is 6.54 Å². The second kappa shape index (κ2) is 8.34. The van der Waals surface area contributed by atoms with Crippen molar-refractivity contribution in [2.24, 2.45) is 0 Å². The Balaban J connectivity index is 1.91. The summed E-state index contributed by atoms with van der Waals surface area (Å²) in [4.78, 5) is 11.9. The van der Waals surface area contributed by atoms with Crippen LogP contribution in [0.25, 0.3) is 0 Å². The summed E-state index contributed by atoms with van der Waals surface area (Å²) in [6, 6.07) is 7.06. The van der Waals surface area contributed by atoms with Crippen LogP contribution in [0.2, 0.25) is 10.0 Å². The summed E-state index contributed by atoms with van der Waals surface area (Å²) >= 11 is 17.2. The normalized spacial score (nSPS) is 11.8. The van der Waals surface area contributed by atoms with E-state index >= 15 is 0 Å². The zero-order valence-corrected chi connectivity index (χ0v) is 14.8. The molecule has 7 heteroatoms. The number of hydrogen-bond donors (Lipinski definition) is 2. The first kappa shape index (κ1) is 17.8. The van der Waals surface area contributed by atoms with Crippen LogP contribution < -0.4 is 10.6 Å². The summed E-state index contributed by atoms with van der Waals surface area (Å²) < 4.78 is 4.88. The fourth-order valence-corrected chi connectivity index (χ4v) is 2.57. The Hall–Kier alpha value is -1.56. The third-order valence-corrected chi connectivity index (χ3v) is 4.31. The van der Waals surface area contributed by atoms with Gasteiger partial charge in [0.25, 0.3) is 0 Å². The lowest BCUT2D eigenvalue weighted by atomic mass is 10.1. The van der Waals surface area contributed by atoms with E-state index in [2.05, 4.69) is 10.6 Å². The van der Waals surface area contributed by atoms with Gasteiger partial charge in [-0.25, -0.2) is 0 Å². The van der Waals surface area contributed by atoms with Gasteiger partial charge in [0.1, 0.15) is 6.26 Å². The number of carbonyl (C=O) groups is 1. The SMILES string of the molecule is CCC(NC(=S)NCC(=O)c1ccoc1)c1ccc(Cl)c(Cl)c1. The Morgan fingerprint density at radius 3 is 2.70 bits per heavy atom. The van der Waals surface area contributed by atoms with Crippen LogP contribution in [-0.2, 0) is 0 Å². The molecule has 2 rings (SSSR count). The highest BCUT2D eigenvalue weighted by molar-refractivity contribution is 7.80. The Morgan fingerprint density at radius 1 is 1.30 bits per heavy atom. The van der Waals surface area contributed by atoms with E-state index in [-0.39, 0.29) is 18.4 Å². The molecule has 1 aromatic carbocycles. The molecule has 2 N–H and O–H groups in total. The number of benzene rings is 1. The highest BCUT2D eigenvalue weighted by Gasteiger charge is 2.13. The molecule has 122 valence electrons. The number of Topliss-reactive ketones (excluding diaryl/α,β-unsaturated/α-hetero) is 1. The van der Waals surface area contributed by atoms with Gasteiger partial charge in [-0.15, -0.1) is 0 Å². The summed E-state index contributed by atoms with van der Waals surface area (Å²) in [7, 11) is 0. The monoisotopic (exact) mass is 370 g/mol. The van der Waals surface area contributed by atoms with Crippen molar-refractivity contribution in [1.29, 1.82) is 0 Å². The molecular weight excluding hydrogens is 355 g/mol. The predicted octanol–water partition coefficient (Wildman–Crippen LogP) is 4.38. The summed E-state index contributed by atoms with van der Waals surface area (Å²) in [6.45, 7) is 2.13. The zero-order chi connectivity index (χ0) is 16.8. The van der Waals surface area contributed by atoms with Crippen LogP contribution in [0.1, 0.15) is 35.3 Å². The second-order valence-corrected chi connectivity index (χ2v) is 6.12. The molecule has 1 heterocycles. The average molecular weight is 371 g/mol. The van der Waals surface area contributed by atoms with Gasteiger partial charge in [0.05, 0.1) is 34.5 Å². The minimum atomic E-state index is -0.0921. The van der Waals surface area contributed by atoms with Crippen LogP contribution in [0.15, 0.2) is 41.2 Å². The van der Waals surface area contributed by atoms with E-state index in [1.807, 2.05) is 19.1 Å². The highest BCUT2D eigenvalue weighted by Crippen LogP contribution is 2.26. The minimum Gasteiger partial charge on any atom is -0.472 e. The van der Waals surface area contributed by atoms with Crippen molar-refractivity contribution in [3.8, 4) is 0 Å². The fourth-order valence-electron chi connectivity index (χ4n) is 2.05. The van der Waals surface area contributed by atoms with Gasteiger partial charge in [-0.05, 0) is 42.4 Å². The fraction of sp³-hybridized carbons (Fsp3) is 0.250. The standard InChI is InChI=1S/C16H16Cl2N2O2S/c1-2-14(10-3-4-12(17)13(18)7-10)20-16(23)19-8-15(21)11-5-6-22-9-11/h3-7,9,14H,2,8H2,1H3,(H2,19,20,23). The molecule has 0 aliphatic carbocycles. The van der Waals surface area contributed by atoms with Crippen molar-refractivity contribution in [1.82, 2.24) is 10.6 Å². The Kier molecular flexibility index (Phi) is 6.45. The average Bonchev–Trinajstić information content (AvgIpc) is 3.07. The Morgan fingerprint density at radius 2 is 2.09 bits per heavy atom. The summed E-state index contributed by atoms with van der Waals surface area (Å²) in [6.07, 6.45) is 3.67. The first-order valence-electron chi connectivity index (χ1n) is 7.06. The van der Waals surface area contributed by atoms with Crippen LogP contribution in [0.4, 0.5) is 0 Å². The molecule has 0 fully saturated rings. The number of rotatable bonds is 6. The maximum absolute atomic E-state index is 11.9. The molecule has 0 radical (unpaired) electrons. The van der Waals surface area contributed by atoms with Gasteiger partial charge in [-0.3, -0.25) is 4.79 Å². The van der Waals surface area contributed by atoms with Crippen LogP contribution in [0.5, 0.6) is 0 Å². The van der Waals surface area contributed by atoms with Gasteiger partial charge in [0.15, 0.2) is 10.9 Å². The van der Waals surface area contributed by atoms with Gasteiger partial charge in [0, 0.05) is 0 Å².